The molecule has 0 bridgehead atoms. The predicted molar refractivity (Wildman–Crippen MR) is 94.0 cm³/mol. The Balaban J connectivity index is 0.000000956. The van der Waals surface area contributed by atoms with Crippen LogP contribution in [-0.4, -0.2) is 17.5 Å². The van der Waals surface area contributed by atoms with Crippen LogP contribution in [0.1, 0.15) is 53.0 Å². The van der Waals surface area contributed by atoms with Gasteiger partial charge in [-0.25, -0.2) is 0 Å². The second kappa shape index (κ2) is 7.72. The number of rotatable bonds is 2. The number of hydrogen-bond acceptors (Lipinski definition) is 3. The summed E-state index contributed by atoms with van der Waals surface area (Å²) in [6.45, 7) is 13.9. The summed E-state index contributed by atoms with van der Waals surface area (Å²) in [7, 11) is 0. The van der Waals surface area contributed by atoms with E-state index in [1.807, 2.05) is 25.6 Å². The van der Waals surface area contributed by atoms with Gasteiger partial charge < -0.3 is 5.32 Å². The van der Waals surface area contributed by atoms with Crippen LogP contribution in [-0.2, 0) is 0 Å². The molecular formula is C17H28N2S. The monoisotopic (exact) mass is 292 g/mol. The highest BCUT2D eigenvalue weighted by molar-refractivity contribution is 8.14. The van der Waals surface area contributed by atoms with Gasteiger partial charge in [-0.2, -0.15) is 0 Å². The topological polar surface area (TPSA) is 24.4 Å². The van der Waals surface area contributed by atoms with Crippen LogP contribution in [0.3, 0.4) is 0 Å². The molecule has 0 unspecified atom stereocenters. The van der Waals surface area contributed by atoms with Gasteiger partial charge in [0.1, 0.15) is 0 Å². The van der Waals surface area contributed by atoms with E-state index in [9.17, 15) is 0 Å². The smallest absolute Gasteiger partial charge is 0.161 e. The van der Waals surface area contributed by atoms with Crippen LogP contribution in [0, 0.1) is 5.41 Å². The largest absolute Gasteiger partial charge is 0.335 e. The van der Waals surface area contributed by atoms with Crippen molar-refractivity contribution in [3.8, 4) is 0 Å². The lowest BCUT2D eigenvalue weighted by Crippen LogP contribution is -2.27. The van der Waals surface area contributed by atoms with Gasteiger partial charge in [-0.15, -0.1) is 0 Å². The summed E-state index contributed by atoms with van der Waals surface area (Å²) in [5.74, 6) is 1.65. The summed E-state index contributed by atoms with van der Waals surface area (Å²) in [5, 5.41) is 4.54. The first-order chi connectivity index (χ1) is 9.48. The van der Waals surface area contributed by atoms with Crippen LogP contribution >= 0.6 is 11.8 Å². The average Bonchev–Trinajstić information content (AvgIpc) is 2.44. The van der Waals surface area contributed by atoms with Gasteiger partial charge in [-0.3, -0.25) is 4.99 Å². The molecule has 112 valence electrons. The summed E-state index contributed by atoms with van der Waals surface area (Å²) in [6.07, 6.45) is 0. The predicted octanol–water partition coefficient (Wildman–Crippen LogP) is 5.38. The third-order valence-corrected chi connectivity index (χ3v) is 4.51. The molecule has 0 saturated carbocycles. The van der Waals surface area contributed by atoms with Gasteiger partial charge in [0.25, 0.3) is 0 Å². The Morgan fingerprint density at radius 2 is 1.85 bits per heavy atom. The summed E-state index contributed by atoms with van der Waals surface area (Å²) in [4.78, 5) is 4.65. The minimum absolute atomic E-state index is 0.327. The lowest BCUT2D eigenvalue weighted by Gasteiger charge is -2.27. The molecule has 0 spiro atoms. The number of amidine groups is 1. The summed E-state index contributed by atoms with van der Waals surface area (Å²) < 4.78 is 0. The van der Waals surface area contributed by atoms with Crippen molar-refractivity contribution < 1.29 is 0 Å². The maximum atomic E-state index is 4.65. The van der Waals surface area contributed by atoms with E-state index in [0.29, 0.717) is 11.3 Å². The Morgan fingerprint density at radius 3 is 2.40 bits per heavy atom. The van der Waals surface area contributed by atoms with Crippen LogP contribution in [0.15, 0.2) is 29.3 Å². The van der Waals surface area contributed by atoms with E-state index in [4.69, 9.17) is 0 Å². The summed E-state index contributed by atoms with van der Waals surface area (Å²) >= 11 is 1.82. The van der Waals surface area contributed by atoms with Crippen molar-refractivity contribution in [2.45, 2.75) is 47.5 Å². The minimum atomic E-state index is 0.327. The van der Waals surface area contributed by atoms with Crippen LogP contribution in [0.2, 0.25) is 0 Å². The number of benzene rings is 1. The van der Waals surface area contributed by atoms with Gasteiger partial charge in [0, 0.05) is 18.0 Å². The number of aliphatic imine (C=N–C) groups is 1. The number of para-hydroxylation sites is 1. The van der Waals surface area contributed by atoms with E-state index in [-0.39, 0.29) is 0 Å². The highest BCUT2D eigenvalue weighted by Gasteiger charge is 2.23. The highest BCUT2D eigenvalue weighted by Crippen LogP contribution is 2.30. The first kappa shape index (κ1) is 17.1. The summed E-state index contributed by atoms with van der Waals surface area (Å²) in [6, 6.07) is 8.49. The molecule has 1 heterocycles. The third-order valence-electron chi connectivity index (χ3n) is 3.07. The van der Waals surface area contributed by atoms with Gasteiger partial charge in [-0.1, -0.05) is 71.5 Å². The average molecular weight is 292 g/mol. The van der Waals surface area contributed by atoms with E-state index < -0.39 is 0 Å². The fourth-order valence-corrected chi connectivity index (χ4v) is 2.90. The van der Waals surface area contributed by atoms with Gasteiger partial charge in [-0.05, 0) is 23.0 Å². The molecule has 20 heavy (non-hydrogen) atoms. The van der Waals surface area contributed by atoms with Gasteiger partial charge >= 0.3 is 0 Å². The lowest BCUT2D eigenvalue weighted by atomic mass is 9.97. The van der Waals surface area contributed by atoms with Crippen molar-refractivity contribution in [3.05, 3.63) is 29.8 Å². The molecule has 3 heteroatoms. The number of anilines is 1. The zero-order chi connectivity index (χ0) is 15.2. The second-order valence-electron chi connectivity index (χ2n) is 5.94. The van der Waals surface area contributed by atoms with Gasteiger partial charge in [0.05, 0.1) is 0 Å². The molecule has 2 rings (SSSR count). The molecule has 0 amide bonds. The SMILES string of the molecule is CC.CC(C)c1ccccc1NC1=NCC(C)(C)CS1. The van der Waals surface area contributed by atoms with Crippen molar-refractivity contribution in [3.63, 3.8) is 0 Å². The molecular weight excluding hydrogens is 264 g/mol. The van der Waals surface area contributed by atoms with Crippen molar-refractivity contribution in [2.24, 2.45) is 10.4 Å². The standard InChI is InChI=1S/C15H22N2S.C2H6/c1-11(2)12-7-5-6-8-13(12)17-14-16-9-15(3,4)10-18-14;1-2/h5-8,11H,9-10H2,1-4H3,(H,16,17);1-2H3. The Bertz CT molecular complexity index is 450. The summed E-state index contributed by atoms with van der Waals surface area (Å²) in [5.41, 5.74) is 2.87. The third kappa shape index (κ3) is 4.86. The van der Waals surface area contributed by atoms with Crippen LogP contribution in [0.5, 0.6) is 0 Å². The quantitative estimate of drug-likeness (QED) is 0.791. The maximum Gasteiger partial charge on any atom is 0.161 e. The first-order valence-electron chi connectivity index (χ1n) is 7.51. The number of nitrogens with one attached hydrogen (secondary N) is 1. The van der Waals surface area contributed by atoms with E-state index in [2.05, 4.69) is 62.3 Å². The molecule has 1 aromatic carbocycles. The normalized spacial score (nSPS) is 17.1. The molecule has 0 aromatic heterocycles. The molecule has 0 fully saturated rings. The van der Waals surface area contributed by atoms with Gasteiger partial charge in [0.2, 0.25) is 0 Å². The fourth-order valence-electron chi connectivity index (χ4n) is 1.95. The first-order valence-corrected chi connectivity index (χ1v) is 8.50. The lowest BCUT2D eigenvalue weighted by molar-refractivity contribution is 0.438. The highest BCUT2D eigenvalue weighted by atomic mass is 32.2. The Kier molecular flexibility index (Phi) is 6.60. The van der Waals surface area contributed by atoms with Crippen molar-refractivity contribution in [1.82, 2.24) is 0 Å². The molecule has 0 saturated heterocycles. The molecule has 0 aliphatic carbocycles. The van der Waals surface area contributed by atoms with E-state index in [0.717, 1.165) is 17.5 Å². The second-order valence-corrected chi connectivity index (χ2v) is 6.91. The van der Waals surface area contributed by atoms with Crippen LogP contribution in [0.25, 0.3) is 0 Å². The van der Waals surface area contributed by atoms with E-state index >= 15 is 0 Å². The van der Waals surface area contributed by atoms with E-state index in [1.165, 1.54) is 11.3 Å². The van der Waals surface area contributed by atoms with Gasteiger partial charge in [0.15, 0.2) is 5.17 Å². The molecule has 1 aromatic rings. The van der Waals surface area contributed by atoms with E-state index in [1.54, 1.807) is 0 Å². The molecule has 0 atom stereocenters. The molecule has 1 aliphatic rings. The van der Waals surface area contributed by atoms with Crippen molar-refractivity contribution >= 4 is 22.6 Å². The fraction of sp³-hybridized carbons (Fsp3) is 0.588. The van der Waals surface area contributed by atoms with Crippen molar-refractivity contribution in [2.75, 3.05) is 17.6 Å². The molecule has 1 N–H and O–H groups in total. The Labute approximate surface area is 128 Å². The number of hydrogen-bond donors (Lipinski definition) is 1. The maximum absolute atomic E-state index is 4.65. The zero-order valence-corrected chi connectivity index (χ0v) is 14.5. The molecule has 0 radical (unpaired) electrons. The Hall–Kier alpha value is -0.960. The van der Waals surface area contributed by atoms with Crippen LogP contribution < -0.4 is 5.32 Å². The Morgan fingerprint density at radius 1 is 1.20 bits per heavy atom. The number of thioether (sulfide) groups is 1. The van der Waals surface area contributed by atoms with Crippen LogP contribution in [0.4, 0.5) is 5.69 Å². The minimum Gasteiger partial charge on any atom is -0.335 e. The zero-order valence-electron chi connectivity index (χ0n) is 13.7. The molecule has 1 aliphatic heterocycles. The van der Waals surface area contributed by atoms with Crippen molar-refractivity contribution in [1.29, 1.82) is 0 Å². The molecule has 2 nitrogen and oxygen atoms in total. The number of nitrogens with zero attached hydrogens (tertiary/aromatic N) is 1.